The van der Waals surface area contributed by atoms with Gasteiger partial charge in [-0.05, 0) is 41.6 Å². The number of carbonyl (C=O) groups excluding carboxylic acids is 1. The van der Waals surface area contributed by atoms with E-state index in [0.29, 0.717) is 35.3 Å². The van der Waals surface area contributed by atoms with Crippen molar-refractivity contribution >= 4 is 35.4 Å². The molecule has 0 saturated heterocycles. The molecule has 28 heavy (non-hydrogen) atoms. The van der Waals surface area contributed by atoms with E-state index >= 15 is 0 Å². The average Bonchev–Trinajstić information content (AvgIpc) is 3.14. The van der Waals surface area contributed by atoms with Gasteiger partial charge in [0.1, 0.15) is 12.4 Å². The van der Waals surface area contributed by atoms with Gasteiger partial charge in [0.05, 0.1) is 5.97 Å². The largest absolute Gasteiger partial charge is 0.544 e. The van der Waals surface area contributed by atoms with E-state index in [9.17, 15) is 9.90 Å². The molecule has 0 unspecified atom stereocenters. The second kappa shape index (κ2) is 9.43. The van der Waals surface area contributed by atoms with Gasteiger partial charge in [-0.25, -0.2) is 0 Å². The van der Waals surface area contributed by atoms with Gasteiger partial charge >= 0.3 is 0 Å². The molecule has 0 radical (unpaired) electrons. The molecule has 1 aromatic heterocycles. The van der Waals surface area contributed by atoms with Crippen LogP contribution in [0.1, 0.15) is 23.9 Å². The third-order valence-corrected chi connectivity index (χ3v) is 4.72. The molecule has 0 spiro atoms. The molecule has 3 aromatic rings. The number of benzene rings is 2. The number of carbonyl (C=O) groups is 1. The molecule has 2 aromatic carbocycles. The number of carboxylic acid groups (broad SMARTS) is 1. The third kappa shape index (κ3) is 5.37. The molecule has 0 aliphatic rings. The van der Waals surface area contributed by atoms with Crippen molar-refractivity contribution in [3.05, 3.63) is 75.5 Å². The minimum Gasteiger partial charge on any atom is -0.544 e. The lowest BCUT2D eigenvalue weighted by atomic mass is 10.2. The maximum atomic E-state index is 11.6. The number of aromatic nitrogens is 2. The summed E-state index contributed by atoms with van der Waals surface area (Å²) < 4.78 is 11.2. The van der Waals surface area contributed by atoms with Gasteiger partial charge in [0.2, 0.25) is 5.89 Å². The smallest absolute Gasteiger partial charge is 0.281 e. The summed E-state index contributed by atoms with van der Waals surface area (Å²) in [6, 6.07) is 14.4. The molecule has 0 amide bonds. The molecule has 0 bridgehead atoms. The van der Waals surface area contributed by atoms with Crippen LogP contribution in [0.4, 0.5) is 0 Å². The maximum Gasteiger partial charge on any atom is 0.281 e. The number of aryl methyl sites for hydroxylation is 1. The third-order valence-electron chi connectivity index (χ3n) is 3.64. The van der Waals surface area contributed by atoms with Crippen LogP contribution in [-0.2, 0) is 17.8 Å². The highest BCUT2D eigenvalue weighted by atomic mass is 35.5. The van der Waals surface area contributed by atoms with Crippen molar-refractivity contribution in [3.8, 4) is 5.75 Å². The van der Waals surface area contributed by atoms with Gasteiger partial charge in [0.15, 0.2) is 0 Å². The van der Waals surface area contributed by atoms with Gasteiger partial charge in [0.25, 0.3) is 5.22 Å². The Labute approximate surface area is 171 Å². The van der Waals surface area contributed by atoms with E-state index in [4.69, 9.17) is 20.8 Å². The SMILES string of the molecule is CCc1nnc(S/C(=C\c2ccccc2OCc2cccc(Cl)c2)C(=O)[O-])o1. The molecule has 0 aliphatic carbocycles. The highest BCUT2D eigenvalue weighted by Gasteiger charge is 2.11. The molecular formula is C20H16ClN2O4S-. The summed E-state index contributed by atoms with van der Waals surface area (Å²) in [6.07, 6.45) is 2.03. The zero-order valence-electron chi connectivity index (χ0n) is 14.9. The first-order valence-corrected chi connectivity index (χ1v) is 9.64. The number of nitrogens with zero attached hydrogens (tertiary/aromatic N) is 2. The van der Waals surface area contributed by atoms with Crippen molar-refractivity contribution in [2.24, 2.45) is 0 Å². The maximum absolute atomic E-state index is 11.6. The van der Waals surface area contributed by atoms with E-state index in [0.717, 1.165) is 17.3 Å². The summed E-state index contributed by atoms with van der Waals surface area (Å²) in [5.41, 5.74) is 1.49. The Kier molecular flexibility index (Phi) is 6.73. The fourth-order valence-corrected chi connectivity index (χ4v) is 3.20. The van der Waals surface area contributed by atoms with Gasteiger partial charge < -0.3 is 19.1 Å². The number of thioether (sulfide) groups is 1. The molecule has 0 N–H and O–H groups in total. The molecule has 0 saturated carbocycles. The van der Waals surface area contributed by atoms with Crippen molar-refractivity contribution in [1.82, 2.24) is 10.2 Å². The summed E-state index contributed by atoms with van der Waals surface area (Å²) >= 11 is 6.83. The Morgan fingerprint density at radius 1 is 1.25 bits per heavy atom. The van der Waals surface area contributed by atoms with Crippen LogP contribution >= 0.6 is 23.4 Å². The standard InChI is InChI=1S/C20H17ClN2O4S/c1-2-18-22-23-20(27-18)28-17(19(24)25)11-14-7-3-4-9-16(14)26-12-13-6-5-8-15(21)10-13/h3-11H,2,12H2,1H3,(H,24,25)/p-1/b17-11-. The second-order valence-corrected chi connectivity index (χ2v) is 7.10. The molecule has 3 rings (SSSR count). The van der Waals surface area contributed by atoms with Gasteiger partial charge in [0, 0.05) is 21.9 Å². The second-order valence-electron chi connectivity index (χ2n) is 5.67. The quantitative estimate of drug-likeness (QED) is 0.409. The van der Waals surface area contributed by atoms with Crippen LogP contribution in [-0.4, -0.2) is 16.2 Å². The summed E-state index contributed by atoms with van der Waals surface area (Å²) in [4.78, 5) is 11.5. The number of rotatable bonds is 8. The predicted molar refractivity (Wildman–Crippen MR) is 105 cm³/mol. The van der Waals surface area contributed by atoms with E-state index in [-0.39, 0.29) is 10.1 Å². The van der Waals surface area contributed by atoms with Gasteiger partial charge in [-0.3, -0.25) is 0 Å². The number of para-hydroxylation sites is 1. The van der Waals surface area contributed by atoms with Crippen molar-refractivity contribution in [1.29, 1.82) is 0 Å². The normalized spacial score (nSPS) is 11.4. The molecule has 144 valence electrons. The summed E-state index contributed by atoms with van der Waals surface area (Å²) in [5.74, 6) is -0.377. The lowest BCUT2D eigenvalue weighted by Gasteiger charge is -2.11. The molecule has 0 atom stereocenters. The minimum absolute atomic E-state index is 0.0647. The van der Waals surface area contributed by atoms with Crippen LogP contribution in [0.2, 0.25) is 5.02 Å². The van der Waals surface area contributed by atoms with E-state index in [1.165, 1.54) is 6.08 Å². The van der Waals surface area contributed by atoms with E-state index in [1.54, 1.807) is 24.3 Å². The topological polar surface area (TPSA) is 88.3 Å². The number of aliphatic carboxylic acids is 1. The first-order valence-electron chi connectivity index (χ1n) is 8.44. The summed E-state index contributed by atoms with van der Waals surface area (Å²) in [5, 5.41) is 20.0. The van der Waals surface area contributed by atoms with E-state index in [2.05, 4.69) is 10.2 Å². The first kappa shape index (κ1) is 20.0. The Balaban J connectivity index is 1.81. The van der Waals surface area contributed by atoms with Gasteiger partial charge in [-0.2, -0.15) is 0 Å². The molecule has 8 heteroatoms. The van der Waals surface area contributed by atoms with Crippen LogP contribution in [0, 0.1) is 0 Å². The Bertz CT molecular complexity index is 1000. The van der Waals surface area contributed by atoms with Crippen LogP contribution < -0.4 is 9.84 Å². The highest BCUT2D eigenvalue weighted by Crippen LogP contribution is 2.30. The molecular weight excluding hydrogens is 400 g/mol. The Morgan fingerprint density at radius 2 is 2.07 bits per heavy atom. The number of ether oxygens (including phenoxy) is 1. The van der Waals surface area contributed by atoms with Crippen molar-refractivity contribution in [2.75, 3.05) is 0 Å². The first-order chi connectivity index (χ1) is 13.5. The van der Waals surface area contributed by atoms with E-state index < -0.39 is 5.97 Å². The average molecular weight is 416 g/mol. The van der Waals surface area contributed by atoms with Crippen LogP contribution in [0.25, 0.3) is 6.08 Å². The number of hydrogen-bond acceptors (Lipinski definition) is 7. The Hall–Kier alpha value is -2.77. The van der Waals surface area contributed by atoms with Crippen LogP contribution in [0.3, 0.4) is 0 Å². The zero-order chi connectivity index (χ0) is 19.9. The lowest BCUT2D eigenvalue weighted by Crippen LogP contribution is -2.23. The van der Waals surface area contributed by atoms with Crippen molar-refractivity contribution in [2.45, 2.75) is 25.2 Å². The van der Waals surface area contributed by atoms with Crippen molar-refractivity contribution in [3.63, 3.8) is 0 Å². The molecule has 0 fully saturated rings. The number of hydrogen-bond donors (Lipinski definition) is 0. The van der Waals surface area contributed by atoms with Gasteiger partial charge in [-0.1, -0.05) is 48.9 Å². The monoisotopic (exact) mass is 415 g/mol. The fraction of sp³-hybridized carbons (Fsp3) is 0.150. The summed E-state index contributed by atoms with van der Waals surface area (Å²) in [7, 11) is 0. The fourth-order valence-electron chi connectivity index (χ4n) is 2.31. The van der Waals surface area contributed by atoms with Crippen molar-refractivity contribution < 1.29 is 19.1 Å². The highest BCUT2D eigenvalue weighted by molar-refractivity contribution is 8.03. The number of halogens is 1. The molecule has 6 nitrogen and oxygen atoms in total. The zero-order valence-corrected chi connectivity index (χ0v) is 16.5. The van der Waals surface area contributed by atoms with Gasteiger partial charge in [-0.15, -0.1) is 10.2 Å². The Morgan fingerprint density at radius 3 is 2.79 bits per heavy atom. The molecule has 1 heterocycles. The molecule has 0 aliphatic heterocycles. The lowest BCUT2D eigenvalue weighted by molar-refractivity contribution is -0.298. The van der Waals surface area contributed by atoms with E-state index in [1.807, 2.05) is 31.2 Å². The minimum atomic E-state index is -1.34. The predicted octanol–water partition coefficient (Wildman–Crippen LogP) is 3.75. The van der Waals surface area contributed by atoms with Crippen LogP contribution in [0.15, 0.2) is 63.1 Å². The number of carboxylic acids is 1. The van der Waals surface area contributed by atoms with Crippen LogP contribution in [0.5, 0.6) is 5.75 Å². The summed E-state index contributed by atoms with van der Waals surface area (Å²) in [6.45, 7) is 2.16.